The van der Waals surface area contributed by atoms with Crippen LogP contribution in [0, 0.1) is 0 Å². The van der Waals surface area contributed by atoms with Gasteiger partial charge in [0.1, 0.15) is 0 Å². The molecule has 0 saturated heterocycles. The first-order valence-electron chi connectivity index (χ1n) is 27.9. The SMILES string of the molecule is CC(C)(C)c1ccc(N(c2ccccc2)c2cc3c4c(c2)N(c2ccc5c(c2)C(C)(C)CCC5(C)C)c2cc5c(cc2B4c2cc(C(C)(C)C)ccc2N3c2ccc(C(C)(C)C)cc2)C(C)(C)CCC5(C)C)cc1. The van der Waals surface area contributed by atoms with Gasteiger partial charge in [-0.1, -0.05) is 184 Å². The molecular formula is C70H82BN3. The van der Waals surface area contributed by atoms with E-state index in [0.29, 0.717) is 0 Å². The van der Waals surface area contributed by atoms with Crippen LogP contribution in [0.15, 0.2) is 140 Å². The van der Waals surface area contributed by atoms with Crippen LogP contribution >= 0.6 is 0 Å². The van der Waals surface area contributed by atoms with Gasteiger partial charge in [0.15, 0.2) is 0 Å². The zero-order chi connectivity index (χ0) is 52.9. The predicted octanol–water partition coefficient (Wildman–Crippen LogP) is 17.8. The topological polar surface area (TPSA) is 9.72 Å². The van der Waals surface area contributed by atoms with Crippen molar-refractivity contribution in [1.29, 1.82) is 0 Å². The summed E-state index contributed by atoms with van der Waals surface area (Å²) in [5.41, 5.74) is 25.1. The Morgan fingerprint density at radius 3 is 1.34 bits per heavy atom. The number of fused-ring (bicyclic) bond motifs is 6. The van der Waals surface area contributed by atoms with Crippen LogP contribution in [0.4, 0.5) is 51.2 Å². The van der Waals surface area contributed by atoms with Crippen molar-refractivity contribution in [3.05, 3.63) is 178 Å². The molecule has 0 unspecified atom stereocenters. The van der Waals surface area contributed by atoms with E-state index in [0.717, 1.165) is 36.3 Å². The van der Waals surface area contributed by atoms with Crippen molar-refractivity contribution < 1.29 is 0 Å². The summed E-state index contributed by atoms with van der Waals surface area (Å²) in [6.07, 6.45) is 4.66. The molecule has 0 aromatic heterocycles. The second-order valence-electron chi connectivity index (χ2n) is 28.5. The van der Waals surface area contributed by atoms with E-state index >= 15 is 0 Å². The second-order valence-corrected chi connectivity index (χ2v) is 28.5. The van der Waals surface area contributed by atoms with E-state index < -0.39 is 0 Å². The third-order valence-corrected chi connectivity index (χ3v) is 18.2. The van der Waals surface area contributed by atoms with Crippen LogP contribution in [0.25, 0.3) is 0 Å². The van der Waals surface area contributed by atoms with Crippen molar-refractivity contribution in [2.75, 3.05) is 14.7 Å². The van der Waals surface area contributed by atoms with Crippen molar-refractivity contribution >= 4 is 74.3 Å². The lowest BCUT2D eigenvalue weighted by atomic mass is 9.33. The smallest absolute Gasteiger partial charge is 0.252 e. The van der Waals surface area contributed by atoms with Crippen molar-refractivity contribution in [1.82, 2.24) is 0 Å². The van der Waals surface area contributed by atoms with E-state index in [2.05, 4.69) is 272 Å². The Morgan fingerprint density at radius 2 is 0.797 bits per heavy atom. The molecule has 0 spiro atoms. The lowest BCUT2D eigenvalue weighted by Crippen LogP contribution is -2.62. The third-order valence-electron chi connectivity index (χ3n) is 18.2. The number of hydrogen-bond acceptors (Lipinski definition) is 3. The maximum absolute atomic E-state index is 2.72. The molecule has 7 aromatic rings. The number of benzene rings is 7. The lowest BCUT2D eigenvalue weighted by molar-refractivity contribution is 0.332. The highest BCUT2D eigenvalue weighted by molar-refractivity contribution is 7.00. The van der Waals surface area contributed by atoms with Crippen LogP contribution in [0.2, 0.25) is 0 Å². The molecule has 0 radical (unpaired) electrons. The molecule has 4 aliphatic rings. The third kappa shape index (κ3) is 8.24. The quantitative estimate of drug-likeness (QED) is 0.159. The maximum Gasteiger partial charge on any atom is 0.252 e. The van der Waals surface area contributed by atoms with Gasteiger partial charge in [-0.05, 0) is 192 Å². The highest BCUT2D eigenvalue weighted by Crippen LogP contribution is 2.54. The van der Waals surface area contributed by atoms with E-state index in [-0.39, 0.29) is 44.6 Å². The first-order valence-corrected chi connectivity index (χ1v) is 27.9. The van der Waals surface area contributed by atoms with Gasteiger partial charge in [-0.3, -0.25) is 0 Å². The van der Waals surface area contributed by atoms with Gasteiger partial charge in [0, 0.05) is 45.5 Å². The zero-order valence-corrected chi connectivity index (χ0v) is 48.0. The Bertz CT molecular complexity index is 3330. The minimum atomic E-state index is -0.0466. The molecule has 2 heterocycles. The number of para-hydroxylation sites is 1. The van der Waals surface area contributed by atoms with E-state index in [1.165, 1.54) is 95.9 Å². The van der Waals surface area contributed by atoms with Crippen molar-refractivity contribution in [3.63, 3.8) is 0 Å². The van der Waals surface area contributed by atoms with Crippen molar-refractivity contribution in [2.24, 2.45) is 0 Å². The van der Waals surface area contributed by atoms with Gasteiger partial charge in [0.05, 0.1) is 5.69 Å². The van der Waals surface area contributed by atoms with Crippen LogP contribution in [-0.2, 0) is 37.9 Å². The molecule has 0 atom stereocenters. The minimum Gasteiger partial charge on any atom is -0.311 e. The van der Waals surface area contributed by atoms with Gasteiger partial charge in [-0.2, -0.15) is 0 Å². The molecule has 7 aromatic carbocycles. The van der Waals surface area contributed by atoms with E-state index in [1.54, 1.807) is 0 Å². The fourth-order valence-corrected chi connectivity index (χ4v) is 13.2. The first-order chi connectivity index (χ1) is 34.5. The summed E-state index contributed by atoms with van der Waals surface area (Å²) in [5, 5.41) is 0. The highest BCUT2D eigenvalue weighted by atomic mass is 15.2. The maximum atomic E-state index is 2.72. The number of anilines is 9. The summed E-state index contributed by atoms with van der Waals surface area (Å²) in [7, 11) is 0. The van der Waals surface area contributed by atoms with Crippen LogP contribution < -0.4 is 31.1 Å². The fourth-order valence-electron chi connectivity index (χ4n) is 13.2. The predicted molar refractivity (Wildman–Crippen MR) is 322 cm³/mol. The minimum absolute atomic E-state index is 0.0157. The summed E-state index contributed by atoms with van der Waals surface area (Å²) >= 11 is 0. The Hall–Kier alpha value is -6.00. The highest BCUT2D eigenvalue weighted by Gasteiger charge is 2.48. The number of nitrogens with zero attached hydrogens (tertiary/aromatic N) is 3. The van der Waals surface area contributed by atoms with E-state index in [1.807, 2.05) is 0 Å². The molecule has 3 nitrogen and oxygen atoms in total. The molecule has 0 N–H and O–H groups in total. The van der Waals surface area contributed by atoms with E-state index in [4.69, 9.17) is 0 Å². The summed E-state index contributed by atoms with van der Waals surface area (Å²) in [5.74, 6) is 0. The van der Waals surface area contributed by atoms with Gasteiger partial charge < -0.3 is 14.7 Å². The fraction of sp³-hybridized carbons (Fsp3) is 0.400. The van der Waals surface area contributed by atoms with Gasteiger partial charge in [-0.15, -0.1) is 0 Å². The normalized spacial score (nSPS) is 17.9. The van der Waals surface area contributed by atoms with Crippen molar-refractivity contribution in [2.45, 2.75) is 181 Å². The Balaban J connectivity index is 1.30. The van der Waals surface area contributed by atoms with Gasteiger partial charge >= 0.3 is 0 Å². The first kappa shape index (κ1) is 50.2. The molecule has 4 heteroatoms. The standard InChI is InChI=1S/C70H82BN3/c1-64(2,3)45-23-28-49(29-24-45)72(48-21-19-18-20-22-48)52-41-61-63-62(42-52)74(51-32-33-53-54(40-51)68(12,13)36-35-67(53,10)11)60-44-56-55(69(14,15)37-38-70(56,16)17)43-58(60)71(63)57-39-47(66(7,8)9)27-34-59(57)73(61)50-30-25-46(26-31-50)65(4,5)6/h18-34,39-44H,35-38H2,1-17H3. The van der Waals surface area contributed by atoms with E-state index in [9.17, 15) is 0 Å². The van der Waals surface area contributed by atoms with Gasteiger partial charge in [0.25, 0.3) is 6.71 Å². The molecule has 74 heavy (non-hydrogen) atoms. The number of rotatable bonds is 5. The molecule has 11 rings (SSSR count). The molecule has 0 amide bonds. The monoisotopic (exact) mass is 976 g/mol. The molecule has 0 fully saturated rings. The average Bonchev–Trinajstić information content (AvgIpc) is 3.34. The van der Waals surface area contributed by atoms with Gasteiger partial charge in [-0.25, -0.2) is 0 Å². The largest absolute Gasteiger partial charge is 0.311 e. The second kappa shape index (κ2) is 16.8. The molecule has 0 bridgehead atoms. The van der Waals surface area contributed by atoms with Crippen LogP contribution in [-0.4, -0.2) is 6.71 Å². The van der Waals surface area contributed by atoms with Gasteiger partial charge in [0.2, 0.25) is 0 Å². The summed E-state index contributed by atoms with van der Waals surface area (Å²) in [6, 6.07) is 55.3. The molecular weight excluding hydrogens is 894 g/mol. The average molecular weight is 976 g/mol. The summed E-state index contributed by atoms with van der Waals surface area (Å²) < 4.78 is 0. The Kier molecular flexibility index (Phi) is 11.4. The van der Waals surface area contributed by atoms with Crippen LogP contribution in [0.1, 0.15) is 182 Å². The lowest BCUT2D eigenvalue weighted by Gasteiger charge is -2.48. The van der Waals surface area contributed by atoms with Crippen LogP contribution in [0.5, 0.6) is 0 Å². The molecule has 2 aliphatic carbocycles. The summed E-state index contributed by atoms with van der Waals surface area (Å²) in [4.78, 5) is 7.84. The molecule has 2 aliphatic heterocycles. The summed E-state index contributed by atoms with van der Waals surface area (Å²) in [6.45, 7) is 40.8. The molecule has 380 valence electrons. The van der Waals surface area contributed by atoms with Crippen LogP contribution in [0.3, 0.4) is 0 Å². The Labute approximate surface area is 446 Å². The zero-order valence-electron chi connectivity index (χ0n) is 48.0. The molecule has 0 saturated carbocycles. The van der Waals surface area contributed by atoms with Crippen molar-refractivity contribution in [3.8, 4) is 0 Å². The number of hydrogen-bond donors (Lipinski definition) is 0. The Morgan fingerprint density at radius 1 is 0.365 bits per heavy atom.